The Morgan fingerprint density at radius 3 is 2.82 bits per heavy atom. The molecule has 0 bridgehead atoms. The number of thiocarbonyl (C=S) groups is 1. The van der Waals surface area contributed by atoms with Gasteiger partial charge in [-0.15, -0.1) is 0 Å². The highest BCUT2D eigenvalue weighted by atomic mass is 32.1. The predicted octanol–water partition coefficient (Wildman–Crippen LogP) is 4.65. The van der Waals surface area contributed by atoms with Crippen LogP contribution in [-0.2, 0) is 6.54 Å². The van der Waals surface area contributed by atoms with Crippen LogP contribution in [0.2, 0.25) is 0 Å². The lowest BCUT2D eigenvalue weighted by atomic mass is 9.94. The minimum Gasteiger partial charge on any atom is -0.497 e. The summed E-state index contributed by atoms with van der Waals surface area (Å²) in [6.45, 7) is 1.63. The summed E-state index contributed by atoms with van der Waals surface area (Å²) in [5.41, 5.74) is 1.97. The number of allylic oxidation sites excluding steroid dienone is 2. The molecule has 1 unspecified atom stereocenters. The van der Waals surface area contributed by atoms with Gasteiger partial charge in [-0.2, -0.15) is 0 Å². The van der Waals surface area contributed by atoms with E-state index in [9.17, 15) is 0 Å². The average Bonchev–Trinajstić information content (AvgIpc) is 2.75. The highest BCUT2D eigenvalue weighted by molar-refractivity contribution is 7.80. The van der Waals surface area contributed by atoms with Gasteiger partial charge in [0.05, 0.1) is 19.9 Å². The van der Waals surface area contributed by atoms with Crippen LogP contribution in [0.4, 0.5) is 5.69 Å². The van der Waals surface area contributed by atoms with Crippen LogP contribution in [0.15, 0.2) is 54.9 Å². The van der Waals surface area contributed by atoms with Gasteiger partial charge in [-0.3, -0.25) is 4.98 Å². The monoisotopic (exact) mass is 397 g/mol. The molecule has 0 fully saturated rings. The third kappa shape index (κ3) is 5.45. The van der Waals surface area contributed by atoms with E-state index in [0.29, 0.717) is 16.8 Å². The topological polar surface area (TPSA) is 46.6 Å². The lowest BCUT2D eigenvalue weighted by molar-refractivity contribution is 0.318. The van der Waals surface area contributed by atoms with E-state index < -0.39 is 0 Å². The maximum atomic E-state index is 5.78. The summed E-state index contributed by atoms with van der Waals surface area (Å²) in [5.74, 6) is 2.04. The van der Waals surface area contributed by atoms with Crippen LogP contribution in [0, 0.1) is 5.92 Å². The first-order valence-corrected chi connectivity index (χ1v) is 9.92. The fourth-order valence-electron chi connectivity index (χ4n) is 3.36. The highest BCUT2D eigenvalue weighted by Crippen LogP contribution is 2.29. The van der Waals surface area contributed by atoms with Crippen molar-refractivity contribution < 1.29 is 9.47 Å². The number of aromatic nitrogens is 1. The summed E-state index contributed by atoms with van der Waals surface area (Å²) in [6.07, 6.45) is 11.6. The number of hydrogen-bond acceptors (Lipinski definition) is 4. The first-order valence-electron chi connectivity index (χ1n) is 9.51. The van der Waals surface area contributed by atoms with Crippen LogP contribution in [0.25, 0.3) is 0 Å². The quantitative estimate of drug-likeness (QED) is 0.542. The molecule has 5 nitrogen and oxygen atoms in total. The van der Waals surface area contributed by atoms with Crippen LogP contribution in [0.3, 0.4) is 0 Å². The molecule has 1 aliphatic carbocycles. The van der Waals surface area contributed by atoms with E-state index in [1.165, 1.54) is 6.42 Å². The molecule has 0 aliphatic heterocycles. The third-order valence-corrected chi connectivity index (χ3v) is 5.25. The Balaban J connectivity index is 1.76. The summed E-state index contributed by atoms with van der Waals surface area (Å²) >= 11 is 5.78. The maximum absolute atomic E-state index is 5.78. The van der Waals surface area contributed by atoms with Crippen molar-refractivity contribution in [3.8, 4) is 11.5 Å². The van der Waals surface area contributed by atoms with E-state index >= 15 is 0 Å². The summed E-state index contributed by atoms with van der Waals surface area (Å²) in [6, 6.07) is 9.71. The Labute approximate surface area is 172 Å². The van der Waals surface area contributed by atoms with Gasteiger partial charge in [-0.05, 0) is 61.2 Å². The number of hydrogen-bond donors (Lipinski definition) is 1. The molecule has 3 rings (SSSR count). The van der Waals surface area contributed by atoms with Crippen molar-refractivity contribution >= 4 is 23.0 Å². The molecule has 0 saturated heterocycles. The number of nitrogens with one attached hydrogen (secondary N) is 1. The highest BCUT2D eigenvalue weighted by Gasteiger charge is 2.19. The van der Waals surface area contributed by atoms with Crippen LogP contribution < -0.4 is 14.8 Å². The van der Waals surface area contributed by atoms with Crippen LogP contribution in [-0.4, -0.2) is 35.8 Å². The van der Waals surface area contributed by atoms with Gasteiger partial charge in [0.25, 0.3) is 0 Å². The second-order valence-corrected chi connectivity index (χ2v) is 7.28. The number of benzene rings is 1. The molecule has 0 spiro atoms. The van der Waals surface area contributed by atoms with E-state index in [4.69, 9.17) is 21.7 Å². The second kappa shape index (κ2) is 10.1. The van der Waals surface area contributed by atoms with Crippen molar-refractivity contribution in [1.29, 1.82) is 0 Å². The van der Waals surface area contributed by atoms with Crippen molar-refractivity contribution in [2.45, 2.75) is 25.8 Å². The average molecular weight is 398 g/mol. The van der Waals surface area contributed by atoms with Gasteiger partial charge >= 0.3 is 0 Å². The summed E-state index contributed by atoms with van der Waals surface area (Å²) in [7, 11) is 3.28. The van der Waals surface area contributed by atoms with E-state index in [0.717, 1.165) is 42.9 Å². The van der Waals surface area contributed by atoms with Crippen molar-refractivity contribution in [1.82, 2.24) is 9.88 Å². The normalized spacial score (nSPS) is 15.7. The molecule has 0 amide bonds. The van der Waals surface area contributed by atoms with Crippen LogP contribution >= 0.6 is 12.2 Å². The molecular weight excluding hydrogens is 370 g/mol. The number of anilines is 1. The lowest BCUT2D eigenvalue weighted by Crippen LogP contribution is -2.38. The Bertz CT molecular complexity index is 811. The Kier molecular flexibility index (Phi) is 7.25. The van der Waals surface area contributed by atoms with Crippen molar-refractivity contribution in [2.75, 3.05) is 26.1 Å². The van der Waals surface area contributed by atoms with E-state index in [1.54, 1.807) is 20.4 Å². The van der Waals surface area contributed by atoms with Gasteiger partial charge in [0, 0.05) is 31.5 Å². The van der Waals surface area contributed by atoms with Crippen molar-refractivity contribution in [3.05, 3.63) is 60.4 Å². The molecule has 1 aromatic carbocycles. The minimum absolute atomic E-state index is 0.596. The van der Waals surface area contributed by atoms with E-state index in [-0.39, 0.29) is 0 Å². The molecule has 1 N–H and O–H groups in total. The molecule has 6 heteroatoms. The fraction of sp³-hybridized carbons (Fsp3) is 0.364. The first kappa shape index (κ1) is 20.1. The molecule has 1 heterocycles. The number of pyridine rings is 1. The lowest BCUT2D eigenvalue weighted by Gasteiger charge is -2.31. The Morgan fingerprint density at radius 2 is 2.14 bits per heavy atom. The Morgan fingerprint density at radius 1 is 1.25 bits per heavy atom. The van der Waals surface area contributed by atoms with Crippen molar-refractivity contribution in [3.63, 3.8) is 0 Å². The zero-order chi connectivity index (χ0) is 19.8. The van der Waals surface area contributed by atoms with Gasteiger partial charge in [0.2, 0.25) is 0 Å². The number of nitrogens with zero attached hydrogens (tertiary/aromatic N) is 2. The molecule has 28 heavy (non-hydrogen) atoms. The van der Waals surface area contributed by atoms with Gasteiger partial charge in [-0.25, -0.2) is 0 Å². The summed E-state index contributed by atoms with van der Waals surface area (Å²) in [5, 5.41) is 4.04. The molecule has 148 valence electrons. The zero-order valence-electron chi connectivity index (χ0n) is 16.4. The van der Waals surface area contributed by atoms with Gasteiger partial charge in [-0.1, -0.05) is 18.2 Å². The minimum atomic E-state index is 0.596. The molecule has 0 radical (unpaired) electrons. The largest absolute Gasteiger partial charge is 0.497 e. The second-order valence-electron chi connectivity index (χ2n) is 6.89. The third-order valence-electron chi connectivity index (χ3n) is 4.89. The van der Waals surface area contributed by atoms with Crippen molar-refractivity contribution in [2.24, 2.45) is 5.92 Å². The molecular formula is C22H27N3O2S. The standard InChI is InChI=1S/C22H27N3O2S/c1-26-19-10-11-20(21(13-19)27-2)24-22(28)25(15-17-7-4-3-5-8-17)16-18-9-6-12-23-14-18/h3-4,6,9-14,17H,5,7-8,15-16H2,1-2H3,(H,24,28). The van der Waals surface area contributed by atoms with Crippen LogP contribution in [0.5, 0.6) is 11.5 Å². The number of ether oxygens (including phenoxy) is 2. The molecule has 1 aromatic heterocycles. The number of methoxy groups -OCH3 is 2. The molecule has 1 atom stereocenters. The van der Waals surface area contributed by atoms with Gasteiger partial charge in [0.1, 0.15) is 11.5 Å². The zero-order valence-corrected chi connectivity index (χ0v) is 17.2. The molecule has 1 aliphatic rings. The maximum Gasteiger partial charge on any atom is 0.173 e. The predicted molar refractivity (Wildman–Crippen MR) is 117 cm³/mol. The Hall–Kier alpha value is -2.60. The van der Waals surface area contributed by atoms with E-state index in [2.05, 4.69) is 33.4 Å². The molecule has 0 saturated carbocycles. The first-order chi connectivity index (χ1) is 13.7. The SMILES string of the molecule is COc1ccc(NC(=S)N(Cc2cccnc2)CC2CC=CCC2)c(OC)c1. The van der Waals surface area contributed by atoms with Gasteiger partial charge < -0.3 is 19.7 Å². The van der Waals surface area contributed by atoms with E-state index in [1.807, 2.05) is 30.5 Å². The molecule has 2 aromatic rings. The van der Waals surface area contributed by atoms with Gasteiger partial charge in [0.15, 0.2) is 5.11 Å². The van der Waals surface area contributed by atoms with Crippen LogP contribution in [0.1, 0.15) is 24.8 Å². The fourth-order valence-corrected chi connectivity index (χ4v) is 3.61. The smallest absolute Gasteiger partial charge is 0.173 e. The summed E-state index contributed by atoms with van der Waals surface area (Å²) in [4.78, 5) is 6.46. The summed E-state index contributed by atoms with van der Waals surface area (Å²) < 4.78 is 10.8. The number of rotatable bonds is 7.